The zero-order valence-corrected chi connectivity index (χ0v) is 9.46. The number of nitrogens with one attached hydrogen (secondary N) is 1. The molecule has 6 nitrogen and oxygen atoms in total. The molecule has 0 saturated carbocycles. The van der Waals surface area contributed by atoms with Crippen molar-refractivity contribution >= 4 is 16.0 Å². The van der Waals surface area contributed by atoms with Crippen LogP contribution >= 0.6 is 0 Å². The summed E-state index contributed by atoms with van der Waals surface area (Å²) in [5.74, 6) is -2.12. The van der Waals surface area contributed by atoms with Gasteiger partial charge in [0.2, 0.25) is 10.0 Å². The number of hydrogen-bond donors (Lipinski definition) is 2. The van der Waals surface area contributed by atoms with E-state index in [1.165, 1.54) is 4.31 Å². The van der Waals surface area contributed by atoms with Gasteiger partial charge in [0.25, 0.3) is 0 Å². The number of aliphatic carboxylic acids is 1. The molecule has 88 valence electrons. The van der Waals surface area contributed by atoms with E-state index in [1.807, 2.05) is 6.92 Å². The Kier molecular flexibility index (Phi) is 4.06. The number of hydrogen-bond acceptors (Lipinski definition) is 4. The number of nitrogens with zero attached hydrogens (tertiary/aromatic N) is 1. The second kappa shape index (κ2) is 4.91. The lowest BCUT2D eigenvalue weighted by molar-refractivity contribution is -0.134. The van der Waals surface area contributed by atoms with Crippen molar-refractivity contribution in [2.24, 2.45) is 0 Å². The predicted molar refractivity (Wildman–Crippen MR) is 55.1 cm³/mol. The molecule has 0 spiro atoms. The highest BCUT2D eigenvalue weighted by Gasteiger charge is 2.34. The van der Waals surface area contributed by atoms with Gasteiger partial charge in [0, 0.05) is 25.7 Å². The quantitative estimate of drug-likeness (QED) is 0.623. The molecule has 0 amide bonds. The van der Waals surface area contributed by atoms with E-state index in [0.29, 0.717) is 26.1 Å². The van der Waals surface area contributed by atoms with E-state index >= 15 is 0 Å². The second-order valence-electron chi connectivity index (χ2n) is 3.57. The van der Waals surface area contributed by atoms with Gasteiger partial charge in [-0.3, -0.25) is 4.79 Å². The third-order valence-corrected chi connectivity index (χ3v) is 4.08. The van der Waals surface area contributed by atoms with Crippen molar-refractivity contribution in [3.63, 3.8) is 0 Å². The van der Waals surface area contributed by atoms with Crippen LogP contribution in [0.4, 0.5) is 0 Å². The number of rotatable bonds is 6. The van der Waals surface area contributed by atoms with Gasteiger partial charge in [0.05, 0.1) is 0 Å². The maximum Gasteiger partial charge on any atom is 0.320 e. The molecule has 1 fully saturated rings. The van der Waals surface area contributed by atoms with Gasteiger partial charge in [-0.2, -0.15) is 4.31 Å². The van der Waals surface area contributed by atoms with E-state index < -0.39 is 21.7 Å². The van der Waals surface area contributed by atoms with Crippen molar-refractivity contribution in [3.05, 3.63) is 0 Å². The summed E-state index contributed by atoms with van der Waals surface area (Å²) in [5.41, 5.74) is 0. The predicted octanol–water partition coefficient (Wildman–Crippen LogP) is -0.915. The average Bonchev–Trinajstić information content (AvgIpc) is 1.97. The van der Waals surface area contributed by atoms with E-state index in [9.17, 15) is 13.2 Å². The highest BCUT2D eigenvalue weighted by molar-refractivity contribution is 7.89. The first kappa shape index (κ1) is 12.4. The van der Waals surface area contributed by atoms with Crippen molar-refractivity contribution in [3.8, 4) is 0 Å². The SMILES string of the molecule is CCCN(C1CNC1)S(=O)(=O)CC(=O)O. The molecule has 0 bridgehead atoms. The molecule has 2 N–H and O–H groups in total. The van der Waals surface area contributed by atoms with Gasteiger partial charge in [-0.15, -0.1) is 0 Å². The first-order valence-corrected chi connectivity index (χ1v) is 6.50. The van der Waals surface area contributed by atoms with Crippen LogP contribution in [0.5, 0.6) is 0 Å². The Labute approximate surface area is 89.3 Å². The zero-order valence-electron chi connectivity index (χ0n) is 8.64. The lowest BCUT2D eigenvalue weighted by atomic mass is 10.2. The van der Waals surface area contributed by atoms with E-state index in [4.69, 9.17) is 5.11 Å². The number of sulfonamides is 1. The van der Waals surface area contributed by atoms with Crippen LogP contribution in [0.25, 0.3) is 0 Å². The third kappa shape index (κ3) is 3.15. The Morgan fingerprint density at radius 1 is 1.53 bits per heavy atom. The van der Waals surface area contributed by atoms with Gasteiger partial charge in [-0.05, 0) is 6.42 Å². The van der Waals surface area contributed by atoms with Gasteiger partial charge in [-0.1, -0.05) is 6.92 Å². The molecule has 1 saturated heterocycles. The normalized spacial score (nSPS) is 17.7. The standard InChI is InChI=1S/C8H16N2O4S/c1-2-3-10(7-4-9-5-7)15(13,14)6-8(11)12/h7,9H,2-6H2,1H3,(H,11,12). The summed E-state index contributed by atoms with van der Waals surface area (Å²) >= 11 is 0. The minimum absolute atomic E-state index is 0.0747. The van der Waals surface area contributed by atoms with Crippen LogP contribution < -0.4 is 5.32 Å². The van der Waals surface area contributed by atoms with Crippen molar-refractivity contribution in [1.29, 1.82) is 0 Å². The van der Waals surface area contributed by atoms with Gasteiger partial charge in [0.1, 0.15) is 0 Å². The van der Waals surface area contributed by atoms with Crippen LogP contribution in [0, 0.1) is 0 Å². The van der Waals surface area contributed by atoms with Crippen LogP contribution in [0.15, 0.2) is 0 Å². The maximum atomic E-state index is 11.7. The first-order valence-electron chi connectivity index (χ1n) is 4.89. The smallest absolute Gasteiger partial charge is 0.320 e. The van der Waals surface area contributed by atoms with Crippen molar-refractivity contribution < 1.29 is 18.3 Å². The summed E-state index contributed by atoms with van der Waals surface area (Å²) in [6.07, 6.45) is 0.690. The Morgan fingerprint density at radius 2 is 2.13 bits per heavy atom. The van der Waals surface area contributed by atoms with E-state index in [0.717, 1.165) is 0 Å². The van der Waals surface area contributed by atoms with Crippen molar-refractivity contribution in [1.82, 2.24) is 9.62 Å². The molecule has 15 heavy (non-hydrogen) atoms. The summed E-state index contributed by atoms with van der Waals surface area (Å²) in [4.78, 5) is 10.4. The van der Waals surface area contributed by atoms with E-state index in [1.54, 1.807) is 0 Å². The van der Waals surface area contributed by atoms with Gasteiger partial charge >= 0.3 is 5.97 Å². The highest BCUT2D eigenvalue weighted by Crippen LogP contribution is 2.12. The minimum Gasteiger partial charge on any atom is -0.480 e. The largest absolute Gasteiger partial charge is 0.480 e. The molecular weight excluding hydrogens is 220 g/mol. The second-order valence-corrected chi connectivity index (χ2v) is 5.49. The Morgan fingerprint density at radius 3 is 2.47 bits per heavy atom. The zero-order chi connectivity index (χ0) is 11.5. The molecule has 1 rings (SSSR count). The highest BCUT2D eigenvalue weighted by atomic mass is 32.2. The molecule has 1 heterocycles. The third-order valence-electron chi connectivity index (χ3n) is 2.27. The lowest BCUT2D eigenvalue weighted by Crippen LogP contribution is -2.59. The molecule has 0 atom stereocenters. The van der Waals surface area contributed by atoms with Gasteiger partial charge < -0.3 is 10.4 Å². The summed E-state index contributed by atoms with van der Waals surface area (Å²) in [6, 6.07) is -0.0747. The lowest BCUT2D eigenvalue weighted by Gasteiger charge is -2.36. The van der Waals surface area contributed by atoms with Crippen LogP contribution in [0.2, 0.25) is 0 Å². The Balaban J connectivity index is 2.72. The fourth-order valence-electron chi connectivity index (χ4n) is 1.49. The van der Waals surface area contributed by atoms with Crippen molar-refractivity contribution in [2.45, 2.75) is 19.4 Å². The van der Waals surface area contributed by atoms with Crippen LogP contribution in [0.1, 0.15) is 13.3 Å². The number of carboxylic acid groups (broad SMARTS) is 1. The summed E-state index contributed by atoms with van der Waals surface area (Å²) in [5, 5.41) is 11.5. The van der Waals surface area contributed by atoms with Crippen LogP contribution in [0.3, 0.4) is 0 Å². The molecule has 0 unspecified atom stereocenters. The topological polar surface area (TPSA) is 86.7 Å². The molecule has 1 aliphatic rings. The van der Waals surface area contributed by atoms with Gasteiger partial charge in [-0.25, -0.2) is 8.42 Å². The molecule has 0 radical (unpaired) electrons. The summed E-state index contributed by atoms with van der Waals surface area (Å²) in [6.45, 7) is 3.48. The monoisotopic (exact) mass is 236 g/mol. The molecular formula is C8H16N2O4S. The maximum absolute atomic E-state index is 11.7. The summed E-state index contributed by atoms with van der Waals surface area (Å²) < 4.78 is 24.7. The number of carboxylic acids is 1. The van der Waals surface area contributed by atoms with Crippen LogP contribution in [-0.2, 0) is 14.8 Å². The summed E-state index contributed by atoms with van der Waals surface area (Å²) in [7, 11) is -3.65. The number of carbonyl (C=O) groups is 1. The van der Waals surface area contributed by atoms with Gasteiger partial charge in [0.15, 0.2) is 5.75 Å². The first-order chi connectivity index (χ1) is 6.97. The molecule has 0 aromatic carbocycles. The molecule has 7 heteroatoms. The van der Waals surface area contributed by atoms with E-state index in [-0.39, 0.29) is 6.04 Å². The molecule has 1 aliphatic heterocycles. The molecule has 0 aromatic heterocycles. The molecule has 0 aromatic rings. The van der Waals surface area contributed by atoms with E-state index in [2.05, 4.69) is 5.32 Å². The Bertz CT molecular complexity index is 324. The Hall–Kier alpha value is -0.660. The fraction of sp³-hybridized carbons (Fsp3) is 0.875. The van der Waals surface area contributed by atoms with Crippen molar-refractivity contribution in [2.75, 3.05) is 25.4 Å². The van der Waals surface area contributed by atoms with Crippen LogP contribution in [-0.4, -0.2) is 55.2 Å². The fourth-order valence-corrected chi connectivity index (χ4v) is 3.03. The molecule has 0 aliphatic carbocycles. The minimum atomic E-state index is -3.65. The average molecular weight is 236 g/mol.